The SMILES string of the molecule is COc1ccc2c(c1)C(C)(C)\C(=C/C=C(C#N)/C=C/C1=[N+](CCC(=O)O)c3ccc(C)cc3C1(C)C)N2CCOC=O. The van der Waals surface area contributed by atoms with E-state index in [0.29, 0.717) is 25.1 Å². The summed E-state index contributed by atoms with van der Waals surface area (Å²) in [6.07, 6.45) is 7.46. The lowest BCUT2D eigenvalue weighted by Crippen LogP contribution is -2.29. The van der Waals surface area contributed by atoms with Gasteiger partial charge in [-0.3, -0.25) is 9.59 Å². The number of carboxylic acid groups (broad SMARTS) is 1. The minimum atomic E-state index is -0.859. The van der Waals surface area contributed by atoms with E-state index in [1.807, 2.05) is 54.0 Å². The fourth-order valence-corrected chi connectivity index (χ4v) is 5.92. The number of carboxylic acids is 1. The van der Waals surface area contributed by atoms with Gasteiger partial charge in [0.2, 0.25) is 5.69 Å². The van der Waals surface area contributed by atoms with Crippen LogP contribution in [0.1, 0.15) is 50.8 Å². The largest absolute Gasteiger partial charge is 0.497 e. The van der Waals surface area contributed by atoms with Crippen molar-refractivity contribution in [2.75, 3.05) is 31.7 Å². The Balaban J connectivity index is 1.74. The first-order chi connectivity index (χ1) is 19.9. The number of carbonyl (C=O) groups excluding carboxylic acids is 1. The molecule has 0 fully saturated rings. The van der Waals surface area contributed by atoms with Crippen molar-refractivity contribution in [3.8, 4) is 11.8 Å². The fourth-order valence-electron chi connectivity index (χ4n) is 5.92. The highest BCUT2D eigenvalue weighted by atomic mass is 16.5. The number of carbonyl (C=O) groups is 2. The Morgan fingerprint density at radius 2 is 1.88 bits per heavy atom. The Hall–Kier alpha value is -4.64. The van der Waals surface area contributed by atoms with Gasteiger partial charge in [-0.15, -0.1) is 0 Å². The van der Waals surface area contributed by atoms with Crippen LogP contribution in [0.15, 0.2) is 72.0 Å². The van der Waals surface area contributed by atoms with Crippen molar-refractivity contribution in [3.63, 3.8) is 0 Å². The normalized spacial score (nSPS) is 17.8. The maximum atomic E-state index is 11.4. The summed E-state index contributed by atoms with van der Waals surface area (Å²) >= 11 is 0. The summed E-state index contributed by atoms with van der Waals surface area (Å²) in [6, 6.07) is 14.4. The van der Waals surface area contributed by atoms with Crippen LogP contribution < -0.4 is 9.64 Å². The first kappa shape index (κ1) is 30.3. The Morgan fingerprint density at radius 3 is 2.55 bits per heavy atom. The van der Waals surface area contributed by atoms with Gasteiger partial charge in [0, 0.05) is 34.5 Å². The van der Waals surface area contributed by atoms with Crippen molar-refractivity contribution in [2.24, 2.45) is 0 Å². The van der Waals surface area contributed by atoms with Crippen LogP contribution in [0.5, 0.6) is 5.75 Å². The van der Waals surface area contributed by atoms with Gasteiger partial charge in [0.1, 0.15) is 18.8 Å². The first-order valence-electron chi connectivity index (χ1n) is 14.0. The van der Waals surface area contributed by atoms with E-state index in [1.165, 1.54) is 0 Å². The summed E-state index contributed by atoms with van der Waals surface area (Å²) in [5.74, 6) is -0.106. The zero-order valence-electron chi connectivity index (χ0n) is 25.1. The molecule has 2 aromatic carbocycles. The maximum absolute atomic E-state index is 11.4. The summed E-state index contributed by atoms with van der Waals surface area (Å²) in [5, 5.41) is 19.5. The molecule has 0 aliphatic carbocycles. The second kappa shape index (κ2) is 12.1. The van der Waals surface area contributed by atoms with Gasteiger partial charge in [-0.1, -0.05) is 25.5 Å². The summed E-state index contributed by atoms with van der Waals surface area (Å²) in [4.78, 5) is 24.4. The third-order valence-electron chi connectivity index (χ3n) is 8.17. The molecule has 0 saturated carbocycles. The molecular weight excluding hydrogens is 530 g/mol. The van der Waals surface area contributed by atoms with Crippen LogP contribution in [0.25, 0.3) is 0 Å². The molecule has 0 unspecified atom stereocenters. The van der Waals surface area contributed by atoms with Crippen LogP contribution in [0, 0.1) is 18.3 Å². The van der Waals surface area contributed by atoms with Crippen LogP contribution in [0.3, 0.4) is 0 Å². The number of nitriles is 1. The number of hydrogen-bond donors (Lipinski definition) is 1. The standard InChI is InChI=1S/C34H37N3O5/c1-23-7-11-28-26(19-23)33(2,3)30(36(28)16-15-32(39)40)13-8-24(21-35)9-14-31-34(4,5)27-20-25(41-6)10-12-29(27)37(31)17-18-42-22-38/h7-14,19-20,22H,15-18H2,1-6H3/p+1. The van der Waals surface area contributed by atoms with Crippen LogP contribution >= 0.6 is 0 Å². The molecule has 0 radical (unpaired) electrons. The zero-order chi connectivity index (χ0) is 30.7. The van der Waals surface area contributed by atoms with E-state index >= 15 is 0 Å². The van der Waals surface area contributed by atoms with E-state index in [2.05, 4.69) is 44.7 Å². The van der Waals surface area contributed by atoms with Gasteiger partial charge in [0.15, 0.2) is 12.3 Å². The topological polar surface area (TPSA) is 103 Å². The second-order valence-electron chi connectivity index (χ2n) is 11.6. The van der Waals surface area contributed by atoms with Crippen molar-refractivity contribution in [1.82, 2.24) is 0 Å². The van der Waals surface area contributed by atoms with Gasteiger partial charge in [-0.2, -0.15) is 9.84 Å². The molecule has 0 saturated heterocycles. The number of allylic oxidation sites excluding steroid dienone is 6. The monoisotopic (exact) mass is 568 g/mol. The van der Waals surface area contributed by atoms with Gasteiger partial charge in [-0.05, 0) is 68.8 Å². The summed E-state index contributed by atoms with van der Waals surface area (Å²) in [7, 11) is 1.64. The Morgan fingerprint density at radius 1 is 1.12 bits per heavy atom. The van der Waals surface area contributed by atoms with E-state index in [9.17, 15) is 20.0 Å². The molecule has 0 bridgehead atoms. The molecule has 0 spiro atoms. The number of aryl methyl sites for hydroxylation is 1. The molecule has 2 aromatic rings. The van der Waals surface area contributed by atoms with Gasteiger partial charge >= 0.3 is 5.97 Å². The molecule has 0 amide bonds. The summed E-state index contributed by atoms with van der Waals surface area (Å²) in [6.45, 7) is 12.0. The van der Waals surface area contributed by atoms with E-state index in [4.69, 9.17) is 9.47 Å². The summed E-state index contributed by atoms with van der Waals surface area (Å²) in [5.41, 5.74) is 6.89. The van der Waals surface area contributed by atoms with Crippen molar-refractivity contribution < 1.29 is 28.7 Å². The number of anilines is 1. The van der Waals surface area contributed by atoms with E-state index in [1.54, 1.807) is 19.3 Å². The summed E-state index contributed by atoms with van der Waals surface area (Å²) < 4.78 is 12.5. The Bertz CT molecular complexity index is 1570. The fraction of sp³-hybridized carbons (Fsp3) is 0.353. The third-order valence-corrected chi connectivity index (χ3v) is 8.17. The molecule has 218 valence electrons. The lowest BCUT2D eigenvalue weighted by molar-refractivity contribution is -0.436. The van der Waals surface area contributed by atoms with Crippen molar-refractivity contribution in [3.05, 3.63) is 88.7 Å². The Kier molecular flexibility index (Phi) is 8.72. The van der Waals surface area contributed by atoms with Gasteiger partial charge in [0.05, 0.1) is 30.7 Å². The number of aliphatic carboxylic acids is 1. The highest BCUT2D eigenvalue weighted by molar-refractivity contribution is 6.03. The van der Waals surface area contributed by atoms with Crippen LogP contribution in [0.4, 0.5) is 11.4 Å². The molecular formula is C34H38N3O5+. The van der Waals surface area contributed by atoms with Crippen molar-refractivity contribution >= 4 is 29.5 Å². The molecule has 0 aromatic heterocycles. The van der Waals surface area contributed by atoms with Crippen LogP contribution in [0.2, 0.25) is 0 Å². The number of nitrogens with zero attached hydrogens (tertiary/aromatic N) is 3. The molecule has 2 aliphatic rings. The lowest BCUT2D eigenvalue weighted by Gasteiger charge is -2.26. The molecule has 8 heteroatoms. The van der Waals surface area contributed by atoms with Crippen LogP contribution in [-0.2, 0) is 25.2 Å². The number of hydrogen-bond acceptors (Lipinski definition) is 6. The van der Waals surface area contributed by atoms with Crippen LogP contribution in [-0.4, -0.2) is 54.6 Å². The number of fused-ring (bicyclic) bond motifs is 2. The average molecular weight is 569 g/mol. The number of benzene rings is 2. The molecule has 4 rings (SSSR count). The molecule has 0 atom stereocenters. The predicted molar refractivity (Wildman–Crippen MR) is 163 cm³/mol. The molecule has 42 heavy (non-hydrogen) atoms. The highest BCUT2D eigenvalue weighted by Gasteiger charge is 2.44. The van der Waals surface area contributed by atoms with Gasteiger partial charge < -0.3 is 19.5 Å². The third kappa shape index (κ3) is 5.73. The van der Waals surface area contributed by atoms with Gasteiger partial charge in [0.25, 0.3) is 6.47 Å². The van der Waals surface area contributed by atoms with E-state index < -0.39 is 11.4 Å². The maximum Gasteiger partial charge on any atom is 0.309 e. The van der Waals surface area contributed by atoms with Crippen molar-refractivity contribution in [2.45, 2.75) is 51.9 Å². The van der Waals surface area contributed by atoms with E-state index in [-0.39, 0.29) is 18.4 Å². The second-order valence-corrected chi connectivity index (χ2v) is 11.6. The lowest BCUT2D eigenvalue weighted by atomic mass is 9.80. The average Bonchev–Trinajstić information content (AvgIpc) is 3.29. The van der Waals surface area contributed by atoms with E-state index in [0.717, 1.165) is 45.2 Å². The predicted octanol–water partition coefficient (Wildman–Crippen LogP) is 5.72. The number of rotatable bonds is 11. The molecule has 1 N–H and O–H groups in total. The molecule has 2 heterocycles. The number of methoxy groups -OCH3 is 1. The quantitative estimate of drug-likeness (QED) is 0.122. The first-order valence-corrected chi connectivity index (χ1v) is 14.0. The van der Waals surface area contributed by atoms with Gasteiger partial charge in [-0.25, -0.2) is 0 Å². The zero-order valence-corrected chi connectivity index (χ0v) is 25.1. The number of ether oxygens (including phenoxy) is 2. The molecule has 2 aliphatic heterocycles. The highest BCUT2D eigenvalue weighted by Crippen LogP contribution is 2.49. The Labute approximate surface area is 247 Å². The molecule has 8 nitrogen and oxygen atoms in total. The minimum Gasteiger partial charge on any atom is -0.497 e. The minimum absolute atomic E-state index is 0.00212. The smallest absolute Gasteiger partial charge is 0.309 e. The van der Waals surface area contributed by atoms with Crippen molar-refractivity contribution in [1.29, 1.82) is 5.26 Å².